The Balaban J connectivity index is 1.30. The highest BCUT2D eigenvalue weighted by Gasteiger charge is 2.27. The smallest absolute Gasteiger partial charge is 0.163 e. The number of hydrogen-bond donors (Lipinski definition) is 0. The first kappa shape index (κ1) is 23.9. The van der Waals surface area contributed by atoms with Crippen LogP contribution in [0, 0.1) is 18.7 Å². The molecule has 1 atom stereocenters. The van der Waals surface area contributed by atoms with Crippen LogP contribution in [0.4, 0.5) is 4.39 Å². The van der Waals surface area contributed by atoms with Gasteiger partial charge in [0.2, 0.25) is 0 Å². The zero-order valence-corrected chi connectivity index (χ0v) is 20.8. The van der Waals surface area contributed by atoms with Gasteiger partial charge in [-0.15, -0.1) is 0 Å². The Hall–Kier alpha value is -3.80. The number of halogens is 1. The number of aryl methyl sites for hydroxylation is 1. The van der Waals surface area contributed by atoms with Crippen molar-refractivity contribution in [2.24, 2.45) is 10.9 Å². The molecule has 0 amide bonds. The van der Waals surface area contributed by atoms with E-state index >= 15 is 0 Å². The van der Waals surface area contributed by atoms with Crippen molar-refractivity contribution in [3.05, 3.63) is 106 Å². The van der Waals surface area contributed by atoms with E-state index in [2.05, 4.69) is 16.5 Å². The predicted octanol–water partition coefficient (Wildman–Crippen LogP) is 5.89. The Kier molecular flexibility index (Phi) is 6.68. The lowest BCUT2D eigenvalue weighted by Gasteiger charge is -2.36. The lowest BCUT2D eigenvalue weighted by molar-refractivity contribution is 0.0934. The molecule has 0 N–H and O–H groups in total. The van der Waals surface area contributed by atoms with Gasteiger partial charge in [-0.1, -0.05) is 24.8 Å². The number of methoxy groups -OCH3 is 1. The molecule has 0 unspecified atom stereocenters. The Morgan fingerprint density at radius 3 is 2.89 bits per heavy atom. The van der Waals surface area contributed by atoms with Crippen molar-refractivity contribution in [2.45, 2.75) is 39.3 Å². The van der Waals surface area contributed by atoms with Crippen LogP contribution in [0.3, 0.4) is 0 Å². The zero-order valence-electron chi connectivity index (χ0n) is 20.8. The lowest BCUT2D eigenvalue weighted by Crippen LogP contribution is -2.34. The number of aromatic nitrogens is 1. The normalized spacial score (nSPS) is 17.1. The summed E-state index contributed by atoms with van der Waals surface area (Å²) in [6.45, 7) is 7.82. The minimum atomic E-state index is -0.291. The Labute approximate surface area is 211 Å². The molecule has 2 aliphatic heterocycles. The van der Waals surface area contributed by atoms with Gasteiger partial charge in [0.15, 0.2) is 5.78 Å². The summed E-state index contributed by atoms with van der Waals surface area (Å²) in [6, 6.07) is 14.8. The second-order valence-corrected chi connectivity index (χ2v) is 9.62. The molecule has 3 heterocycles. The molecule has 1 fully saturated rings. The number of rotatable bonds is 7. The van der Waals surface area contributed by atoms with Gasteiger partial charge in [0.05, 0.1) is 19.4 Å². The molecule has 184 valence electrons. The van der Waals surface area contributed by atoms with E-state index in [1.165, 1.54) is 6.07 Å². The van der Waals surface area contributed by atoms with Crippen molar-refractivity contribution in [2.75, 3.05) is 13.7 Å². The molecule has 2 aliphatic rings. The summed E-state index contributed by atoms with van der Waals surface area (Å²) in [5.74, 6) is 0.530. The third kappa shape index (κ3) is 4.81. The highest BCUT2D eigenvalue weighted by molar-refractivity contribution is 6.16. The third-order valence-electron chi connectivity index (χ3n) is 7.15. The fraction of sp³-hybridized carbons (Fsp3) is 0.300. The Bertz CT molecular complexity index is 1360. The topological polar surface area (TPSA) is 54.8 Å². The van der Waals surface area contributed by atoms with Crippen LogP contribution in [-0.2, 0) is 13.1 Å². The van der Waals surface area contributed by atoms with Crippen LogP contribution >= 0.6 is 0 Å². The first-order chi connectivity index (χ1) is 17.4. The van der Waals surface area contributed by atoms with Gasteiger partial charge in [0, 0.05) is 59.4 Å². The summed E-state index contributed by atoms with van der Waals surface area (Å²) < 4.78 is 19.9. The standard InChI is InChI=1S/C30H30FN3O2/c1-19-13-23(11-12-32-19)30-25-15-22(9-10-24(25)16-33-30)28(35)14-21-8-7-20(2)34(17-21)18-26-27(31)5-4-6-29(26)36-3/h4-6,9-13,15,21H,2,7-8,14,16-18H2,1,3H3/t21-/m1/s1. The quantitative estimate of drug-likeness (QED) is 0.394. The van der Waals surface area contributed by atoms with E-state index in [1.807, 2.05) is 37.3 Å². The fourth-order valence-electron chi connectivity index (χ4n) is 5.16. The number of carbonyl (C=O) groups is 1. The predicted molar refractivity (Wildman–Crippen MR) is 139 cm³/mol. The first-order valence-electron chi connectivity index (χ1n) is 12.3. The number of hydrogen-bond acceptors (Lipinski definition) is 5. The van der Waals surface area contributed by atoms with E-state index in [9.17, 15) is 9.18 Å². The molecule has 36 heavy (non-hydrogen) atoms. The molecular weight excluding hydrogens is 453 g/mol. The Morgan fingerprint density at radius 1 is 1.22 bits per heavy atom. The number of ketones is 1. The van der Waals surface area contributed by atoms with Crippen LogP contribution in [0.15, 0.2) is 72.0 Å². The SMILES string of the molecule is C=C1CC[C@H](CC(=O)c2ccc3c(c2)C(c2ccnc(C)c2)=NC3)CN1Cc1c(F)cccc1OC. The number of allylic oxidation sites excluding steroid dienone is 1. The lowest BCUT2D eigenvalue weighted by atomic mass is 9.88. The highest BCUT2D eigenvalue weighted by atomic mass is 19.1. The van der Waals surface area contributed by atoms with Gasteiger partial charge in [-0.3, -0.25) is 14.8 Å². The van der Waals surface area contributed by atoms with Crippen molar-refractivity contribution in [1.29, 1.82) is 0 Å². The molecule has 0 aliphatic carbocycles. The average molecular weight is 484 g/mol. The van der Waals surface area contributed by atoms with Gasteiger partial charge >= 0.3 is 0 Å². The van der Waals surface area contributed by atoms with Gasteiger partial charge in [-0.25, -0.2) is 4.39 Å². The molecule has 1 saturated heterocycles. The van der Waals surface area contributed by atoms with E-state index < -0.39 is 0 Å². The first-order valence-corrected chi connectivity index (χ1v) is 12.3. The molecule has 0 spiro atoms. The van der Waals surface area contributed by atoms with Crippen LogP contribution in [-0.4, -0.2) is 35.0 Å². The Morgan fingerprint density at radius 2 is 2.08 bits per heavy atom. The van der Waals surface area contributed by atoms with Crippen molar-refractivity contribution in [3.8, 4) is 5.75 Å². The van der Waals surface area contributed by atoms with Gasteiger partial charge in [-0.2, -0.15) is 0 Å². The maximum atomic E-state index is 14.5. The van der Waals surface area contributed by atoms with Crippen LogP contribution in [0.1, 0.15) is 57.6 Å². The number of Topliss-reactive ketones (excluding diaryl/α,β-unsaturated/α-hetero) is 1. The largest absolute Gasteiger partial charge is 0.496 e. The van der Waals surface area contributed by atoms with Crippen LogP contribution < -0.4 is 4.74 Å². The van der Waals surface area contributed by atoms with Gasteiger partial charge in [-0.05, 0) is 61.6 Å². The molecule has 3 aromatic rings. The van der Waals surface area contributed by atoms with E-state index in [-0.39, 0.29) is 17.5 Å². The summed E-state index contributed by atoms with van der Waals surface area (Å²) in [6.07, 6.45) is 3.91. The van der Waals surface area contributed by atoms with Crippen LogP contribution in [0.25, 0.3) is 0 Å². The molecular formula is C30H30FN3O2. The summed E-state index contributed by atoms with van der Waals surface area (Å²) in [5, 5.41) is 0. The van der Waals surface area contributed by atoms with E-state index in [1.54, 1.807) is 25.4 Å². The zero-order chi connectivity index (χ0) is 25.2. The summed E-state index contributed by atoms with van der Waals surface area (Å²) in [7, 11) is 1.55. The monoisotopic (exact) mass is 483 g/mol. The second-order valence-electron chi connectivity index (χ2n) is 9.62. The minimum absolute atomic E-state index is 0.121. The fourth-order valence-corrected chi connectivity index (χ4v) is 5.16. The minimum Gasteiger partial charge on any atom is -0.496 e. The van der Waals surface area contributed by atoms with Crippen molar-refractivity contribution in [1.82, 2.24) is 9.88 Å². The number of pyridine rings is 1. The maximum Gasteiger partial charge on any atom is 0.163 e. The summed E-state index contributed by atoms with van der Waals surface area (Å²) >= 11 is 0. The molecule has 0 bridgehead atoms. The van der Waals surface area contributed by atoms with Gasteiger partial charge < -0.3 is 9.64 Å². The number of benzene rings is 2. The molecule has 5 nitrogen and oxygen atoms in total. The highest BCUT2D eigenvalue weighted by Crippen LogP contribution is 2.32. The second kappa shape index (κ2) is 10.1. The summed E-state index contributed by atoms with van der Waals surface area (Å²) in [4.78, 5) is 24.4. The van der Waals surface area contributed by atoms with Crippen molar-refractivity contribution in [3.63, 3.8) is 0 Å². The molecule has 5 rings (SSSR count). The van der Waals surface area contributed by atoms with Crippen LogP contribution in [0.2, 0.25) is 0 Å². The molecule has 2 aromatic carbocycles. The number of fused-ring (bicyclic) bond motifs is 1. The maximum absolute atomic E-state index is 14.5. The number of nitrogens with zero attached hydrogens (tertiary/aromatic N) is 3. The number of aliphatic imine (C=N–C) groups is 1. The van der Waals surface area contributed by atoms with E-state index in [4.69, 9.17) is 9.73 Å². The number of likely N-dealkylation sites (tertiary alicyclic amines) is 1. The van der Waals surface area contributed by atoms with Crippen LogP contribution in [0.5, 0.6) is 5.75 Å². The number of carbonyl (C=O) groups excluding carboxylic acids is 1. The van der Waals surface area contributed by atoms with Gasteiger partial charge in [0.25, 0.3) is 0 Å². The molecule has 0 saturated carbocycles. The third-order valence-corrected chi connectivity index (χ3v) is 7.15. The van der Waals surface area contributed by atoms with Crippen molar-refractivity contribution < 1.29 is 13.9 Å². The van der Waals surface area contributed by atoms with E-state index in [0.717, 1.165) is 46.6 Å². The average Bonchev–Trinajstić information content (AvgIpc) is 3.30. The summed E-state index contributed by atoms with van der Waals surface area (Å²) in [5.41, 5.74) is 7.24. The van der Waals surface area contributed by atoms with Crippen molar-refractivity contribution >= 4 is 11.5 Å². The number of piperidine rings is 1. The molecule has 6 heteroatoms. The molecule has 1 aromatic heterocycles. The number of ether oxygens (including phenoxy) is 1. The molecule has 0 radical (unpaired) electrons. The van der Waals surface area contributed by atoms with Gasteiger partial charge in [0.1, 0.15) is 11.6 Å². The van der Waals surface area contributed by atoms with E-state index in [0.29, 0.717) is 42.9 Å².